The Labute approximate surface area is 143 Å². The number of aryl methyl sites for hydroxylation is 1. The number of carboxylic acids is 1. The van der Waals surface area contributed by atoms with Gasteiger partial charge in [0.2, 0.25) is 5.91 Å². The SMILES string of the molecule is CCc1c[n+](CC2=C(C(=O)[O-])N3C(=O)C[C@@H]3SC2)cc2cccn12. The monoisotopic (exact) mass is 343 g/mol. The Bertz CT molecular complexity index is 886. The first kappa shape index (κ1) is 15.3. The molecule has 1 saturated heterocycles. The lowest BCUT2D eigenvalue weighted by atomic mass is 10.1. The molecule has 0 aliphatic carbocycles. The van der Waals surface area contributed by atoms with E-state index in [-0.39, 0.29) is 17.0 Å². The predicted molar refractivity (Wildman–Crippen MR) is 86.7 cm³/mol. The van der Waals surface area contributed by atoms with Crippen LogP contribution in [0.5, 0.6) is 0 Å². The molecule has 2 aromatic rings. The molecule has 0 unspecified atom stereocenters. The van der Waals surface area contributed by atoms with Gasteiger partial charge >= 0.3 is 0 Å². The van der Waals surface area contributed by atoms with Crippen molar-refractivity contribution in [2.45, 2.75) is 31.7 Å². The molecular formula is C17H17N3O3S. The number of β-lactam (4-membered cyclic amide) rings is 1. The van der Waals surface area contributed by atoms with Crippen molar-refractivity contribution in [3.63, 3.8) is 0 Å². The second kappa shape index (κ2) is 5.66. The number of aromatic nitrogens is 2. The van der Waals surface area contributed by atoms with E-state index in [2.05, 4.69) is 11.3 Å². The predicted octanol–water partition coefficient (Wildman–Crippen LogP) is 0.0984. The standard InChI is InChI=1S/C17H17N3O3S/c1-2-12-8-18(9-13-4-3-5-19(12)13)7-11-10-24-15-6-14(21)20(15)16(11)17(22)23/h3-5,8-9,15H,2,6-7,10H2,1H3/t15-/m0/s1. The number of thioether (sulfide) groups is 1. The number of fused-ring (bicyclic) bond motifs is 2. The zero-order chi connectivity index (χ0) is 16.8. The highest BCUT2D eigenvalue weighted by Gasteiger charge is 2.43. The molecule has 1 atom stereocenters. The molecule has 0 bridgehead atoms. The van der Waals surface area contributed by atoms with Crippen molar-refractivity contribution < 1.29 is 19.3 Å². The Morgan fingerprint density at radius 3 is 3.00 bits per heavy atom. The second-order valence-electron chi connectivity index (χ2n) is 6.05. The summed E-state index contributed by atoms with van der Waals surface area (Å²) in [5.74, 6) is -0.785. The molecule has 0 N–H and O–H groups in total. The molecule has 4 heterocycles. The van der Waals surface area contributed by atoms with Crippen LogP contribution in [0.25, 0.3) is 5.52 Å². The summed E-state index contributed by atoms with van der Waals surface area (Å²) in [5, 5.41) is 11.6. The van der Waals surface area contributed by atoms with E-state index in [1.54, 1.807) is 11.8 Å². The number of nitrogens with zero attached hydrogens (tertiary/aromatic N) is 3. The third-order valence-corrected chi connectivity index (χ3v) is 5.84. The van der Waals surface area contributed by atoms with E-state index in [9.17, 15) is 14.7 Å². The molecule has 4 rings (SSSR count). The zero-order valence-electron chi connectivity index (χ0n) is 13.3. The van der Waals surface area contributed by atoms with Crippen molar-refractivity contribution >= 4 is 29.2 Å². The minimum atomic E-state index is -1.26. The first-order valence-electron chi connectivity index (χ1n) is 7.94. The first-order chi connectivity index (χ1) is 11.6. The molecule has 2 aromatic heterocycles. The number of carbonyl (C=O) groups excluding carboxylic acids is 2. The first-order valence-corrected chi connectivity index (χ1v) is 8.99. The van der Waals surface area contributed by atoms with Crippen molar-refractivity contribution in [1.29, 1.82) is 0 Å². The number of hydrogen-bond donors (Lipinski definition) is 0. The lowest BCUT2D eigenvalue weighted by Gasteiger charge is -2.45. The van der Waals surface area contributed by atoms with E-state index < -0.39 is 5.97 Å². The maximum absolute atomic E-state index is 11.8. The summed E-state index contributed by atoms with van der Waals surface area (Å²) >= 11 is 1.62. The largest absolute Gasteiger partial charge is 0.543 e. The molecule has 2 aliphatic rings. The summed E-state index contributed by atoms with van der Waals surface area (Å²) < 4.78 is 4.12. The van der Waals surface area contributed by atoms with Gasteiger partial charge in [0.1, 0.15) is 5.52 Å². The quantitative estimate of drug-likeness (QED) is 0.583. The normalized spacial score (nSPS) is 20.3. The molecule has 0 radical (unpaired) electrons. The number of carbonyl (C=O) groups is 2. The molecule has 7 heteroatoms. The molecule has 0 saturated carbocycles. The number of amides is 1. The van der Waals surface area contributed by atoms with Crippen molar-refractivity contribution in [3.8, 4) is 0 Å². The summed E-state index contributed by atoms with van der Waals surface area (Å²) in [6, 6.07) is 4.01. The van der Waals surface area contributed by atoms with Crippen molar-refractivity contribution in [1.82, 2.24) is 9.30 Å². The van der Waals surface area contributed by atoms with Crippen LogP contribution in [0.15, 0.2) is 42.0 Å². The maximum atomic E-state index is 11.8. The average molecular weight is 343 g/mol. The van der Waals surface area contributed by atoms with E-state index in [1.165, 1.54) is 4.90 Å². The van der Waals surface area contributed by atoms with Gasteiger partial charge in [-0.25, -0.2) is 0 Å². The highest BCUT2D eigenvalue weighted by molar-refractivity contribution is 8.00. The Balaban J connectivity index is 1.74. The van der Waals surface area contributed by atoms with Gasteiger partial charge in [0.05, 0.1) is 29.2 Å². The van der Waals surface area contributed by atoms with Crippen LogP contribution in [0.1, 0.15) is 19.0 Å². The van der Waals surface area contributed by atoms with Gasteiger partial charge < -0.3 is 14.3 Å². The van der Waals surface area contributed by atoms with Crippen LogP contribution in [0.4, 0.5) is 0 Å². The molecule has 0 aromatic carbocycles. The van der Waals surface area contributed by atoms with Crippen molar-refractivity contribution in [2.75, 3.05) is 5.75 Å². The van der Waals surface area contributed by atoms with Crippen LogP contribution in [-0.4, -0.2) is 32.3 Å². The summed E-state index contributed by atoms with van der Waals surface area (Å²) in [4.78, 5) is 24.8. The summed E-state index contributed by atoms with van der Waals surface area (Å²) in [5.41, 5.74) is 3.00. The van der Waals surface area contributed by atoms with E-state index in [4.69, 9.17) is 0 Å². The van der Waals surface area contributed by atoms with Crippen LogP contribution in [0.2, 0.25) is 0 Å². The van der Waals surface area contributed by atoms with Crippen LogP contribution in [-0.2, 0) is 22.6 Å². The van der Waals surface area contributed by atoms with Gasteiger partial charge in [-0.2, -0.15) is 4.57 Å². The number of rotatable bonds is 4. The third-order valence-electron chi connectivity index (χ3n) is 4.56. The molecule has 6 nitrogen and oxygen atoms in total. The smallest absolute Gasteiger partial charge is 0.230 e. The second-order valence-corrected chi connectivity index (χ2v) is 7.22. The zero-order valence-corrected chi connectivity index (χ0v) is 14.1. The van der Waals surface area contributed by atoms with E-state index in [1.807, 2.05) is 35.3 Å². The van der Waals surface area contributed by atoms with E-state index in [0.29, 0.717) is 18.7 Å². The number of aliphatic carboxylic acids is 1. The number of carboxylic acid groups (broad SMARTS) is 1. The summed E-state index contributed by atoms with van der Waals surface area (Å²) in [6.45, 7) is 2.53. The van der Waals surface area contributed by atoms with E-state index >= 15 is 0 Å². The van der Waals surface area contributed by atoms with Gasteiger partial charge in [-0.3, -0.25) is 9.69 Å². The Morgan fingerprint density at radius 1 is 1.46 bits per heavy atom. The minimum Gasteiger partial charge on any atom is -0.543 e. The lowest BCUT2D eigenvalue weighted by Crippen LogP contribution is -2.56. The van der Waals surface area contributed by atoms with E-state index in [0.717, 1.165) is 23.2 Å². The van der Waals surface area contributed by atoms with Gasteiger partial charge in [-0.05, 0) is 18.6 Å². The Morgan fingerprint density at radius 2 is 2.29 bits per heavy atom. The molecule has 2 aliphatic heterocycles. The fourth-order valence-electron chi connectivity index (χ4n) is 3.38. The van der Waals surface area contributed by atoms with Crippen molar-refractivity contribution in [3.05, 3.63) is 47.7 Å². The fraction of sp³-hybridized carbons (Fsp3) is 0.353. The van der Waals surface area contributed by atoms with Gasteiger partial charge in [-0.1, -0.05) is 6.92 Å². The van der Waals surface area contributed by atoms with Crippen LogP contribution < -0.4 is 9.67 Å². The molecule has 124 valence electrons. The molecule has 0 spiro atoms. The average Bonchev–Trinajstić information content (AvgIpc) is 3.02. The maximum Gasteiger partial charge on any atom is 0.230 e. The molecule has 24 heavy (non-hydrogen) atoms. The molecule has 1 fully saturated rings. The van der Waals surface area contributed by atoms with Crippen LogP contribution in [0, 0.1) is 0 Å². The van der Waals surface area contributed by atoms with Crippen LogP contribution >= 0.6 is 11.8 Å². The molecular weight excluding hydrogens is 326 g/mol. The Kier molecular flexibility index (Phi) is 3.60. The summed E-state index contributed by atoms with van der Waals surface area (Å²) in [7, 11) is 0. The Hall–Kier alpha value is -2.28. The minimum absolute atomic E-state index is 0.0431. The topological polar surface area (TPSA) is 68.7 Å². The van der Waals surface area contributed by atoms with Crippen LogP contribution in [0.3, 0.4) is 0 Å². The van der Waals surface area contributed by atoms with Gasteiger partial charge in [0.25, 0.3) is 0 Å². The van der Waals surface area contributed by atoms with Crippen molar-refractivity contribution in [2.24, 2.45) is 0 Å². The van der Waals surface area contributed by atoms with Gasteiger partial charge in [-0.15, -0.1) is 11.8 Å². The lowest BCUT2D eigenvalue weighted by molar-refractivity contribution is -0.688. The van der Waals surface area contributed by atoms with Gasteiger partial charge in [0.15, 0.2) is 18.9 Å². The highest BCUT2D eigenvalue weighted by Crippen LogP contribution is 2.39. The number of hydrogen-bond acceptors (Lipinski definition) is 4. The fourth-order valence-corrected chi connectivity index (χ4v) is 4.64. The molecule has 1 amide bonds. The van der Waals surface area contributed by atoms with Gasteiger partial charge in [0, 0.05) is 17.5 Å². The highest BCUT2D eigenvalue weighted by atomic mass is 32.2. The summed E-state index contributed by atoms with van der Waals surface area (Å²) in [6.07, 6.45) is 7.33. The third kappa shape index (κ3) is 2.31.